The van der Waals surface area contributed by atoms with Crippen molar-refractivity contribution in [1.29, 1.82) is 0 Å². The summed E-state index contributed by atoms with van der Waals surface area (Å²) in [5.74, 6) is 0. The summed E-state index contributed by atoms with van der Waals surface area (Å²) >= 11 is 0. The zero-order chi connectivity index (χ0) is 7.56. The first kappa shape index (κ1) is 7.19. The monoisotopic (exact) mass is 138 g/mol. The second-order valence-corrected chi connectivity index (χ2v) is 2.37. The second kappa shape index (κ2) is 2.78. The molecule has 1 heterocycles. The van der Waals surface area contributed by atoms with Crippen LogP contribution in [-0.2, 0) is 0 Å². The maximum atomic E-state index is 3.00. The van der Waals surface area contributed by atoms with E-state index in [-0.39, 0.29) is 0 Å². The van der Waals surface area contributed by atoms with E-state index in [9.17, 15) is 0 Å². The third-order valence-corrected chi connectivity index (χ3v) is 1.61. The van der Waals surface area contributed by atoms with Crippen molar-refractivity contribution in [2.45, 2.75) is 13.3 Å². The van der Waals surface area contributed by atoms with Crippen LogP contribution in [0.2, 0.25) is 0 Å². The number of nitrogens with zero attached hydrogens (tertiary/aromatic N) is 1. The van der Waals surface area contributed by atoms with E-state index in [0.717, 1.165) is 6.42 Å². The Hall–Kier alpha value is -0.920. The van der Waals surface area contributed by atoms with Crippen molar-refractivity contribution in [3.8, 4) is 0 Å². The van der Waals surface area contributed by atoms with Crippen LogP contribution >= 0.6 is 0 Å². The standard InChI is InChI=1S/C8H14N2/c1-4-5-7-8(6-9-2)10(7)3/h5-6,9H,4H2,1-3H3/b7-5+,8-6+. The van der Waals surface area contributed by atoms with E-state index in [1.54, 1.807) is 0 Å². The molecule has 0 bridgehead atoms. The van der Waals surface area contributed by atoms with E-state index in [1.807, 2.05) is 13.2 Å². The van der Waals surface area contributed by atoms with Crippen molar-refractivity contribution in [2.75, 3.05) is 14.1 Å². The summed E-state index contributed by atoms with van der Waals surface area (Å²) < 4.78 is 0. The van der Waals surface area contributed by atoms with Crippen molar-refractivity contribution in [3.05, 3.63) is 23.7 Å². The van der Waals surface area contributed by atoms with Gasteiger partial charge >= 0.3 is 0 Å². The van der Waals surface area contributed by atoms with E-state index in [2.05, 4.69) is 30.3 Å². The molecule has 1 N–H and O–H groups in total. The van der Waals surface area contributed by atoms with Crippen LogP contribution in [-0.4, -0.2) is 19.0 Å². The van der Waals surface area contributed by atoms with Crippen molar-refractivity contribution in [1.82, 2.24) is 10.2 Å². The number of allylic oxidation sites excluding steroid dienone is 1. The van der Waals surface area contributed by atoms with Gasteiger partial charge in [-0.05, 0) is 6.42 Å². The highest BCUT2D eigenvalue weighted by molar-refractivity contribution is 5.45. The number of likely N-dealkylation sites (N-methyl/N-ethyl adjacent to an activating group) is 1. The van der Waals surface area contributed by atoms with E-state index in [0.29, 0.717) is 0 Å². The SMILES string of the molecule is CC/C=C1\C(=C/NC)N1C. The first-order chi connectivity index (χ1) is 4.81. The van der Waals surface area contributed by atoms with E-state index < -0.39 is 0 Å². The quantitative estimate of drug-likeness (QED) is 0.578. The zero-order valence-corrected chi connectivity index (χ0v) is 6.81. The molecule has 1 saturated heterocycles. The summed E-state index contributed by atoms with van der Waals surface area (Å²) in [6.07, 6.45) is 5.35. The van der Waals surface area contributed by atoms with Crippen molar-refractivity contribution >= 4 is 0 Å². The highest BCUT2D eigenvalue weighted by Crippen LogP contribution is 2.34. The Kier molecular flexibility index (Phi) is 2.00. The van der Waals surface area contributed by atoms with E-state index in [1.165, 1.54) is 11.4 Å². The molecular formula is C8H14N2. The van der Waals surface area contributed by atoms with Gasteiger partial charge in [-0.3, -0.25) is 0 Å². The largest absolute Gasteiger partial charge is 0.392 e. The molecule has 0 aromatic carbocycles. The molecular weight excluding hydrogens is 124 g/mol. The first-order valence-electron chi connectivity index (χ1n) is 3.63. The van der Waals surface area contributed by atoms with Crippen LogP contribution in [0.3, 0.4) is 0 Å². The molecule has 0 radical (unpaired) electrons. The van der Waals surface area contributed by atoms with Crippen LogP contribution in [0.5, 0.6) is 0 Å². The number of hydrogen-bond acceptors (Lipinski definition) is 2. The lowest BCUT2D eigenvalue weighted by Crippen LogP contribution is -1.91. The molecule has 2 nitrogen and oxygen atoms in total. The molecule has 1 aliphatic rings. The number of nitrogens with one attached hydrogen (secondary N) is 1. The van der Waals surface area contributed by atoms with Gasteiger partial charge in [-0.1, -0.05) is 13.0 Å². The Bertz CT molecular complexity index is 160. The topological polar surface area (TPSA) is 15.0 Å². The van der Waals surface area contributed by atoms with Crippen LogP contribution in [0.4, 0.5) is 0 Å². The van der Waals surface area contributed by atoms with Gasteiger partial charge < -0.3 is 10.2 Å². The molecule has 1 aliphatic heterocycles. The van der Waals surface area contributed by atoms with Gasteiger partial charge in [0.05, 0.1) is 11.4 Å². The molecule has 10 heavy (non-hydrogen) atoms. The Morgan fingerprint density at radius 1 is 1.50 bits per heavy atom. The molecule has 1 fully saturated rings. The molecule has 0 spiro atoms. The minimum Gasteiger partial charge on any atom is -0.392 e. The fourth-order valence-electron chi connectivity index (χ4n) is 1.02. The van der Waals surface area contributed by atoms with E-state index in [4.69, 9.17) is 0 Å². The van der Waals surface area contributed by atoms with Crippen molar-refractivity contribution in [3.63, 3.8) is 0 Å². The van der Waals surface area contributed by atoms with Crippen molar-refractivity contribution in [2.24, 2.45) is 0 Å². The minimum absolute atomic E-state index is 1.11. The van der Waals surface area contributed by atoms with Crippen LogP contribution in [0.1, 0.15) is 13.3 Å². The molecule has 2 heteroatoms. The normalized spacial score (nSPS) is 24.1. The highest BCUT2D eigenvalue weighted by atomic mass is 15.3. The number of hydrogen-bond donors (Lipinski definition) is 1. The fraction of sp³-hybridized carbons (Fsp3) is 0.500. The van der Waals surface area contributed by atoms with Gasteiger partial charge in [0, 0.05) is 20.3 Å². The predicted molar refractivity (Wildman–Crippen MR) is 43.3 cm³/mol. The average molecular weight is 138 g/mol. The maximum absolute atomic E-state index is 3.00. The van der Waals surface area contributed by atoms with Gasteiger partial charge in [0.25, 0.3) is 0 Å². The van der Waals surface area contributed by atoms with E-state index >= 15 is 0 Å². The lowest BCUT2D eigenvalue weighted by Gasteiger charge is -1.80. The van der Waals surface area contributed by atoms with Gasteiger partial charge in [0.1, 0.15) is 0 Å². The molecule has 1 rings (SSSR count). The van der Waals surface area contributed by atoms with Gasteiger partial charge in [-0.2, -0.15) is 0 Å². The van der Waals surface area contributed by atoms with Crippen LogP contribution in [0.25, 0.3) is 0 Å². The average Bonchev–Trinajstić information content (AvgIpc) is 2.48. The van der Waals surface area contributed by atoms with Gasteiger partial charge in [-0.25, -0.2) is 0 Å². The summed E-state index contributed by atoms with van der Waals surface area (Å²) in [6, 6.07) is 0. The Morgan fingerprint density at radius 2 is 2.20 bits per heavy atom. The maximum Gasteiger partial charge on any atom is 0.0805 e. The summed E-state index contributed by atoms with van der Waals surface area (Å²) in [4.78, 5) is 2.17. The predicted octanol–water partition coefficient (Wildman–Crippen LogP) is 1.29. The third kappa shape index (κ3) is 1.15. The third-order valence-electron chi connectivity index (χ3n) is 1.61. The van der Waals surface area contributed by atoms with Crippen LogP contribution in [0, 0.1) is 0 Å². The fourth-order valence-corrected chi connectivity index (χ4v) is 1.02. The Morgan fingerprint density at radius 3 is 2.70 bits per heavy atom. The van der Waals surface area contributed by atoms with Gasteiger partial charge in [0.2, 0.25) is 0 Å². The lowest BCUT2D eigenvalue weighted by atomic mass is 10.4. The van der Waals surface area contributed by atoms with Crippen LogP contribution in [0.15, 0.2) is 23.7 Å². The lowest BCUT2D eigenvalue weighted by molar-refractivity contribution is 0.761. The second-order valence-electron chi connectivity index (χ2n) is 2.37. The Labute approximate surface area is 62.2 Å². The summed E-state index contributed by atoms with van der Waals surface area (Å²) in [7, 11) is 3.99. The van der Waals surface area contributed by atoms with Crippen molar-refractivity contribution < 1.29 is 0 Å². The first-order valence-corrected chi connectivity index (χ1v) is 3.63. The molecule has 0 saturated carbocycles. The molecule has 0 aromatic rings. The summed E-state index contributed by atoms with van der Waals surface area (Å²) in [6.45, 7) is 2.15. The number of rotatable bonds is 2. The molecule has 0 aromatic heterocycles. The van der Waals surface area contributed by atoms with Gasteiger partial charge in [-0.15, -0.1) is 0 Å². The van der Waals surface area contributed by atoms with Crippen LogP contribution < -0.4 is 5.32 Å². The highest BCUT2D eigenvalue weighted by Gasteiger charge is 2.27. The minimum atomic E-state index is 1.11. The summed E-state index contributed by atoms with van der Waals surface area (Å²) in [5, 5.41) is 3.00. The molecule has 0 atom stereocenters. The smallest absolute Gasteiger partial charge is 0.0805 e. The molecule has 0 unspecified atom stereocenters. The molecule has 0 aliphatic carbocycles. The Balaban J connectivity index is 2.56. The summed E-state index contributed by atoms with van der Waals surface area (Å²) in [5.41, 5.74) is 2.67. The zero-order valence-electron chi connectivity index (χ0n) is 6.81. The molecule has 0 amide bonds. The van der Waals surface area contributed by atoms with Gasteiger partial charge in [0.15, 0.2) is 0 Å². The molecule has 56 valence electrons.